The number of hydrogen-bond acceptors (Lipinski definition) is 4. The van der Waals surface area contributed by atoms with Crippen LogP contribution in [-0.2, 0) is 4.79 Å². The Balaban J connectivity index is 2.06. The summed E-state index contributed by atoms with van der Waals surface area (Å²) in [6.45, 7) is 1.29. The third kappa shape index (κ3) is 5.12. The van der Waals surface area contributed by atoms with Crippen LogP contribution in [0.25, 0.3) is 0 Å². The van der Waals surface area contributed by atoms with Crippen LogP contribution < -0.4 is 15.4 Å². The van der Waals surface area contributed by atoms with E-state index in [0.717, 1.165) is 6.54 Å². The fourth-order valence-electron chi connectivity index (χ4n) is 2.85. The van der Waals surface area contributed by atoms with E-state index in [1.165, 1.54) is 23.1 Å². The number of ether oxygens (including phenoxy) is 1. The highest BCUT2D eigenvalue weighted by atomic mass is 19.3. The maximum Gasteiger partial charge on any atom is 0.387 e. The van der Waals surface area contributed by atoms with Crippen LogP contribution in [0.3, 0.4) is 0 Å². The molecule has 1 aromatic rings. The molecule has 0 bridgehead atoms. The third-order valence-corrected chi connectivity index (χ3v) is 4.00. The van der Waals surface area contributed by atoms with Gasteiger partial charge >= 0.3 is 6.61 Å². The molecule has 1 atom stereocenters. The summed E-state index contributed by atoms with van der Waals surface area (Å²) in [5.41, 5.74) is 0.0372. The minimum Gasteiger partial charge on any atom is -0.434 e. The third-order valence-electron chi connectivity index (χ3n) is 4.00. The van der Waals surface area contributed by atoms with Crippen molar-refractivity contribution < 1.29 is 23.1 Å². The van der Waals surface area contributed by atoms with Crippen LogP contribution in [-0.4, -0.2) is 55.5 Å². The number of likely N-dealkylation sites (tertiary alicyclic amines) is 1. The van der Waals surface area contributed by atoms with Gasteiger partial charge in [-0.3, -0.25) is 9.59 Å². The summed E-state index contributed by atoms with van der Waals surface area (Å²) in [6, 6.07) is 5.25. The van der Waals surface area contributed by atoms with Crippen molar-refractivity contribution in [3.63, 3.8) is 0 Å². The normalized spacial score (nSPS) is 17.0. The Labute approximate surface area is 145 Å². The van der Waals surface area contributed by atoms with Crippen molar-refractivity contribution in [2.75, 3.05) is 26.2 Å². The smallest absolute Gasteiger partial charge is 0.387 e. The van der Waals surface area contributed by atoms with Gasteiger partial charge in [-0.25, -0.2) is 0 Å². The van der Waals surface area contributed by atoms with Crippen molar-refractivity contribution in [2.24, 2.45) is 0 Å². The number of benzene rings is 1. The highest BCUT2D eigenvalue weighted by molar-refractivity contribution is 6.00. The lowest BCUT2D eigenvalue weighted by atomic mass is 10.1. The van der Waals surface area contributed by atoms with Gasteiger partial charge in [-0.1, -0.05) is 19.1 Å². The van der Waals surface area contributed by atoms with Crippen LogP contribution in [0.4, 0.5) is 8.78 Å². The van der Waals surface area contributed by atoms with Gasteiger partial charge < -0.3 is 20.3 Å². The number of nitrogens with one attached hydrogen (secondary N) is 2. The van der Waals surface area contributed by atoms with E-state index in [1.807, 2.05) is 6.92 Å². The van der Waals surface area contributed by atoms with E-state index >= 15 is 0 Å². The molecule has 1 saturated heterocycles. The number of carbonyl (C=O) groups excluding carboxylic acids is 2. The predicted molar refractivity (Wildman–Crippen MR) is 88.7 cm³/mol. The molecular formula is C17H23F2N3O3. The van der Waals surface area contributed by atoms with E-state index in [0.29, 0.717) is 32.5 Å². The van der Waals surface area contributed by atoms with E-state index in [9.17, 15) is 18.4 Å². The summed E-state index contributed by atoms with van der Waals surface area (Å²) < 4.78 is 29.5. The molecule has 0 saturated carbocycles. The molecule has 1 heterocycles. The first-order chi connectivity index (χ1) is 12.0. The van der Waals surface area contributed by atoms with Crippen molar-refractivity contribution in [3.8, 4) is 5.75 Å². The zero-order valence-electron chi connectivity index (χ0n) is 14.1. The summed E-state index contributed by atoms with van der Waals surface area (Å²) in [4.78, 5) is 26.5. The first-order valence-electron chi connectivity index (χ1n) is 8.37. The molecule has 1 aliphatic rings. The summed E-state index contributed by atoms with van der Waals surface area (Å²) in [5.74, 6) is -0.878. The van der Waals surface area contributed by atoms with Crippen molar-refractivity contribution in [1.29, 1.82) is 0 Å². The summed E-state index contributed by atoms with van der Waals surface area (Å²) in [7, 11) is 0. The Morgan fingerprint density at radius 1 is 1.32 bits per heavy atom. The Morgan fingerprint density at radius 2 is 2.08 bits per heavy atom. The number of amides is 2. The number of para-hydroxylation sites is 1. The summed E-state index contributed by atoms with van der Waals surface area (Å²) >= 11 is 0. The Kier molecular flexibility index (Phi) is 7.12. The topological polar surface area (TPSA) is 70.7 Å². The molecule has 138 valence electrons. The fourth-order valence-corrected chi connectivity index (χ4v) is 2.85. The number of alkyl halides is 2. The second-order valence-electron chi connectivity index (χ2n) is 5.68. The van der Waals surface area contributed by atoms with E-state index in [1.54, 1.807) is 6.07 Å². The second kappa shape index (κ2) is 9.31. The first kappa shape index (κ1) is 19.1. The van der Waals surface area contributed by atoms with Crippen molar-refractivity contribution >= 4 is 11.8 Å². The Morgan fingerprint density at radius 3 is 2.80 bits per heavy atom. The standard InChI is InChI=1S/C17H23F2N3O3/c1-2-20-9-10-21-15(23)13-7-5-11-22(13)16(24)12-6-3-4-8-14(12)25-17(18)19/h3-4,6,8,13,17,20H,2,5,7,9-11H2,1H3,(H,21,23). The lowest BCUT2D eigenvalue weighted by molar-refractivity contribution is -0.124. The average Bonchev–Trinajstić information content (AvgIpc) is 3.08. The lowest BCUT2D eigenvalue weighted by Gasteiger charge is -2.25. The molecular weight excluding hydrogens is 332 g/mol. The van der Waals surface area contributed by atoms with Gasteiger partial charge in [0.2, 0.25) is 5.91 Å². The molecule has 6 nitrogen and oxygen atoms in total. The monoisotopic (exact) mass is 355 g/mol. The van der Waals surface area contributed by atoms with Gasteiger partial charge in [-0.15, -0.1) is 0 Å². The van der Waals surface area contributed by atoms with Gasteiger partial charge in [0.25, 0.3) is 5.91 Å². The van der Waals surface area contributed by atoms with Gasteiger partial charge in [-0.2, -0.15) is 8.78 Å². The molecule has 2 amide bonds. The quantitative estimate of drug-likeness (QED) is 0.695. The maximum atomic E-state index is 12.7. The number of rotatable bonds is 8. The van der Waals surface area contributed by atoms with Gasteiger partial charge in [0, 0.05) is 19.6 Å². The van der Waals surface area contributed by atoms with Gasteiger partial charge in [0.1, 0.15) is 11.8 Å². The SMILES string of the molecule is CCNCCNC(=O)C1CCCN1C(=O)c1ccccc1OC(F)F. The van der Waals surface area contributed by atoms with Crippen molar-refractivity contribution in [1.82, 2.24) is 15.5 Å². The largest absolute Gasteiger partial charge is 0.434 e. The van der Waals surface area contributed by atoms with Crippen molar-refractivity contribution in [2.45, 2.75) is 32.4 Å². The molecule has 0 aliphatic carbocycles. The maximum absolute atomic E-state index is 12.7. The zero-order chi connectivity index (χ0) is 18.2. The molecule has 8 heteroatoms. The fraction of sp³-hybridized carbons (Fsp3) is 0.529. The van der Waals surface area contributed by atoms with Crippen LogP contribution >= 0.6 is 0 Å². The number of carbonyl (C=O) groups is 2. The van der Waals surface area contributed by atoms with E-state index < -0.39 is 18.6 Å². The molecule has 2 N–H and O–H groups in total. The summed E-state index contributed by atoms with van der Waals surface area (Å²) in [6.07, 6.45) is 1.24. The Bertz CT molecular complexity index is 598. The van der Waals surface area contributed by atoms with Crippen molar-refractivity contribution in [3.05, 3.63) is 29.8 Å². The van der Waals surface area contributed by atoms with E-state index in [2.05, 4.69) is 15.4 Å². The minimum atomic E-state index is -3.02. The number of hydrogen-bond donors (Lipinski definition) is 2. The van der Waals surface area contributed by atoms with Gasteiger partial charge in [0.15, 0.2) is 0 Å². The molecule has 0 radical (unpaired) electrons. The predicted octanol–water partition coefficient (Wildman–Crippen LogP) is 1.62. The highest BCUT2D eigenvalue weighted by Crippen LogP contribution is 2.26. The molecule has 0 spiro atoms. The minimum absolute atomic E-state index is 0.0372. The lowest BCUT2D eigenvalue weighted by Crippen LogP contribution is -2.47. The molecule has 1 unspecified atom stereocenters. The molecule has 0 aromatic heterocycles. The van der Waals surface area contributed by atoms with E-state index in [-0.39, 0.29) is 17.2 Å². The number of halogens is 2. The van der Waals surface area contributed by atoms with Gasteiger partial charge in [0.05, 0.1) is 5.56 Å². The molecule has 25 heavy (non-hydrogen) atoms. The average molecular weight is 355 g/mol. The molecule has 1 aromatic carbocycles. The Hall–Kier alpha value is -2.22. The van der Waals surface area contributed by atoms with Crippen LogP contribution in [0.2, 0.25) is 0 Å². The second-order valence-corrected chi connectivity index (χ2v) is 5.68. The number of likely N-dealkylation sites (N-methyl/N-ethyl adjacent to an activating group) is 1. The first-order valence-corrected chi connectivity index (χ1v) is 8.37. The summed E-state index contributed by atoms with van der Waals surface area (Å²) in [5, 5.41) is 5.89. The molecule has 1 fully saturated rings. The zero-order valence-corrected chi connectivity index (χ0v) is 14.1. The molecule has 2 rings (SSSR count). The van der Waals surface area contributed by atoms with Crippen LogP contribution in [0.15, 0.2) is 24.3 Å². The van der Waals surface area contributed by atoms with Crippen LogP contribution in [0.5, 0.6) is 5.75 Å². The van der Waals surface area contributed by atoms with Crippen LogP contribution in [0.1, 0.15) is 30.1 Å². The number of nitrogens with zero attached hydrogens (tertiary/aromatic N) is 1. The van der Waals surface area contributed by atoms with Crippen LogP contribution in [0, 0.1) is 0 Å². The molecule has 1 aliphatic heterocycles. The van der Waals surface area contributed by atoms with Gasteiger partial charge in [-0.05, 0) is 31.5 Å². The van der Waals surface area contributed by atoms with E-state index in [4.69, 9.17) is 0 Å². The highest BCUT2D eigenvalue weighted by Gasteiger charge is 2.35.